The van der Waals surface area contributed by atoms with Crippen LogP contribution in [0.25, 0.3) is 0 Å². The number of urea groups is 1. The number of hydrogen-bond acceptors (Lipinski definition) is 6. The molecular formula is C19H26N4O4S. The number of ether oxygens (including phenoxy) is 1. The van der Waals surface area contributed by atoms with Gasteiger partial charge in [0.1, 0.15) is 5.82 Å². The number of amides is 2. The van der Waals surface area contributed by atoms with Crippen LogP contribution in [-0.2, 0) is 10.0 Å². The number of methoxy groups -OCH3 is 1. The normalized spacial score (nSPS) is 11.6. The fourth-order valence-corrected chi connectivity index (χ4v) is 3.74. The molecule has 1 aromatic carbocycles. The molecule has 0 fully saturated rings. The number of aromatic nitrogens is 2. The second-order valence-corrected chi connectivity index (χ2v) is 8.62. The fourth-order valence-electron chi connectivity index (χ4n) is 2.78. The smallest absolute Gasteiger partial charge is 0.333 e. The van der Waals surface area contributed by atoms with Crippen molar-refractivity contribution in [3.8, 4) is 5.88 Å². The van der Waals surface area contributed by atoms with E-state index >= 15 is 0 Å². The largest absolute Gasteiger partial charge is 0.480 e. The van der Waals surface area contributed by atoms with Crippen molar-refractivity contribution in [1.82, 2.24) is 14.7 Å². The highest BCUT2D eigenvalue weighted by atomic mass is 32.2. The molecule has 1 heterocycles. The van der Waals surface area contributed by atoms with Crippen molar-refractivity contribution in [3.63, 3.8) is 0 Å². The fraction of sp³-hybridized carbons (Fsp3) is 0.421. The van der Waals surface area contributed by atoms with Gasteiger partial charge in [0.25, 0.3) is 10.0 Å². The molecule has 0 atom stereocenters. The molecule has 8 nitrogen and oxygen atoms in total. The molecular weight excluding hydrogens is 380 g/mol. The number of carbonyl (C=O) groups excluding carboxylic acids is 1. The third-order valence-corrected chi connectivity index (χ3v) is 5.48. The van der Waals surface area contributed by atoms with Gasteiger partial charge in [0.15, 0.2) is 4.90 Å². The Morgan fingerprint density at radius 3 is 2.18 bits per heavy atom. The van der Waals surface area contributed by atoms with Crippen molar-refractivity contribution in [1.29, 1.82) is 0 Å². The molecule has 9 heteroatoms. The maximum Gasteiger partial charge on any atom is 0.333 e. The molecule has 0 aliphatic heterocycles. The van der Waals surface area contributed by atoms with Gasteiger partial charge in [0, 0.05) is 5.69 Å². The Balaban J connectivity index is 2.35. The summed E-state index contributed by atoms with van der Waals surface area (Å²) < 4.78 is 32.3. The first-order valence-corrected chi connectivity index (χ1v) is 10.4. The lowest BCUT2D eigenvalue weighted by atomic mass is 9.93. The average Bonchev–Trinajstić information content (AvgIpc) is 2.60. The molecule has 0 saturated carbocycles. The van der Waals surface area contributed by atoms with Gasteiger partial charge in [0.05, 0.1) is 13.3 Å². The van der Waals surface area contributed by atoms with E-state index in [0.29, 0.717) is 11.5 Å². The van der Waals surface area contributed by atoms with Gasteiger partial charge in [0.2, 0.25) is 5.88 Å². The number of anilines is 1. The maximum absolute atomic E-state index is 12.6. The highest BCUT2D eigenvalue weighted by molar-refractivity contribution is 7.90. The van der Waals surface area contributed by atoms with Crippen molar-refractivity contribution in [2.45, 2.75) is 51.3 Å². The van der Waals surface area contributed by atoms with Gasteiger partial charge in [-0.1, -0.05) is 45.9 Å². The number of para-hydroxylation sites is 1. The van der Waals surface area contributed by atoms with E-state index in [-0.39, 0.29) is 22.6 Å². The standard InChI is InChI=1S/C19H26N4O4S/c1-11(2)14-8-7-9-15(12(3)4)17(14)22-19(24)23-28(25,26)16-10-20-13(5)21-18(16)27-6/h7-12H,1-6H3,(H2,22,23,24). The van der Waals surface area contributed by atoms with E-state index < -0.39 is 16.1 Å². The molecule has 0 radical (unpaired) electrons. The van der Waals surface area contributed by atoms with Crippen LogP contribution in [0.2, 0.25) is 0 Å². The van der Waals surface area contributed by atoms with Gasteiger partial charge in [-0.05, 0) is 29.9 Å². The summed E-state index contributed by atoms with van der Waals surface area (Å²) in [6, 6.07) is 4.89. The van der Waals surface area contributed by atoms with E-state index in [1.807, 2.05) is 50.6 Å². The zero-order chi connectivity index (χ0) is 21.1. The number of carbonyl (C=O) groups is 1. The summed E-state index contributed by atoms with van der Waals surface area (Å²) in [6.07, 6.45) is 1.11. The summed E-state index contributed by atoms with van der Waals surface area (Å²) in [5, 5.41) is 2.71. The molecule has 0 spiro atoms. The summed E-state index contributed by atoms with van der Waals surface area (Å²) in [5.41, 5.74) is 2.47. The van der Waals surface area contributed by atoms with E-state index in [4.69, 9.17) is 4.74 Å². The van der Waals surface area contributed by atoms with Crippen LogP contribution in [0.5, 0.6) is 5.88 Å². The molecule has 2 amide bonds. The lowest BCUT2D eigenvalue weighted by Gasteiger charge is -2.20. The number of hydrogen-bond donors (Lipinski definition) is 2. The van der Waals surface area contributed by atoms with Gasteiger partial charge in [-0.15, -0.1) is 0 Å². The van der Waals surface area contributed by atoms with E-state index in [1.54, 1.807) is 6.92 Å². The van der Waals surface area contributed by atoms with Crippen molar-refractivity contribution < 1.29 is 17.9 Å². The lowest BCUT2D eigenvalue weighted by molar-refractivity contribution is 0.256. The van der Waals surface area contributed by atoms with Gasteiger partial charge in [-0.2, -0.15) is 4.98 Å². The van der Waals surface area contributed by atoms with E-state index in [2.05, 4.69) is 15.3 Å². The molecule has 0 unspecified atom stereocenters. The summed E-state index contributed by atoms with van der Waals surface area (Å²) in [4.78, 5) is 20.0. The van der Waals surface area contributed by atoms with Crippen LogP contribution in [-0.4, -0.2) is 31.5 Å². The van der Waals surface area contributed by atoms with Crippen LogP contribution in [0, 0.1) is 6.92 Å². The Bertz CT molecular complexity index is 946. The molecule has 28 heavy (non-hydrogen) atoms. The maximum atomic E-state index is 12.6. The monoisotopic (exact) mass is 406 g/mol. The van der Waals surface area contributed by atoms with Crippen molar-refractivity contribution >= 4 is 21.7 Å². The number of sulfonamides is 1. The first-order valence-electron chi connectivity index (χ1n) is 8.91. The van der Waals surface area contributed by atoms with Gasteiger partial charge >= 0.3 is 6.03 Å². The predicted octanol–water partition coefficient (Wildman–Crippen LogP) is 3.55. The van der Waals surface area contributed by atoms with Crippen LogP contribution in [0.15, 0.2) is 29.3 Å². The number of aryl methyl sites for hydroxylation is 1. The van der Waals surface area contributed by atoms with Crippen LogP contribution in [0.3, 0.4) is 0 Å². The van der Waals surface area contributed by atoms with Crippen molar-refractivity contribution in [3.05, 3.63) is 41.3 Å². The number of nitrogens with one attached hydrogen (secondary N) is 2. The Hall–Kier alpha value is -2.68. The Kier molecular flexibility index (Phi) is 6.60. The summed E-state index contributed by atoms with van der Waals surface area (Å²) in [6.45, 7) is 9.64. The van der Waals surface area contributed by atoms with Crippen LogP contribution in [0.4, 0.5) is 10.5 Å². The predicted molar refractivity (Wildman–Crippen MR) is 107 cm³/mol. The van der Waals surface area contributed by atoms with E-state index in [1.165, 1.54) is 7.11 Å². The van der Waals surface area contributed by atoms with Crippen LogP contribution >= 0.6 is 0 Å². The second kappa shape index (κ2) is 8.55. The van der Waals surface area contributed by atoms with Crippen LogP contribution in [0.1, 0.15) is 56.5 Å². The summed E-state index contributed by atoms with van der Waals surface area (Å²) >= 11 is 0. The van der Waals surface area contributed by atoms with Gasteiger partial charge < -0.3 is 10.1 Å². The minimum absolute atomic E-state index is 0.127. The zero-order valence-corrected chi connectivity index (χ0v) is 17.7. The molecule has 0 aliphatic rings. The molecule has 0 bridgehead atoms. The highest BCUT2D eigenvalue weighted by Crippen LogP contribution is 2.32. The Labute approximate surface area is 165 Å². The number of nitrogens with zero attached hydrogens (tertiary/aromatic N) is 2. The van der Waals surface area contributed by atoms with Gasteiger partial charge in [-0.25, -0.2) is 22.9 Å². The molecule has 2 rings (SSSR count). The minimum Gasteiger partial charge on any atom is -0.480 e. The average molecular weight is 407 g/mol. The minimum atomic E-state index is -4.22. The first kappa shape index (κ1) is 21.6. The Morgan fingerprint density at radius 1 is 1.11 bits per heavy atom. The van der Waals surface area contributed by atoms with Crippen molar-refractivity contribution in [2.75, 3.05) is 12.4 Å². The Morgan fingerprint density at radius 2 is 1.68 bits per heavy atom. The summed E-state index contributed by atoms with van der Waals surface area (Å²) in [5.74, 6) is 0.526. The molecule has 1 aromatic heterocycles. The molecule has 2 N–H and O–H groups in total. The molecule has 152 valence electrons. The molecule has 2 aromatic rings. The topological polar surface area (TPSA) is 110 Å². The van der Waals surface area contributed by atoms with Crippen LogP contribution < -0.4 is 14.8 Å². The third kappa shape index (κ3) is 4.78. The zero-order valence-electron chi connectivity index (χ0n) is 16.9. The van der Waals surface area contributed by atoms with Gasteiger partial charge in [-0.3, -0.25) is 0 Å². The quantitative estimate of drug-likeness (QED) is 0.759. The SMILES string of the molecule is COc1nc(C)ncc1S(=O)(=O)NC(=O)Nc1c(C(C)C)cccc1C(C)C. The highest BCUT2D eigenvalue weighted by Gasteiger charge is 2.25. The first-order chi connectivity index (χ1) is 13.1. The number of rotatable bonds is 6. The third-order valence-electron chi connectivity index (χ3n) is 4.16. The molecule has 0 aliphatic carbocycles. The van der Waals surface area contributed by atoms with E-state index in [0.717, 1.165) is 17.3 Å². The second-order valence-electron chi connectivity index (χ2n) is 6.97. The molecule has 0 saturated heterocycles. The lowest BCUT2D eigenvalue weighted by Crippen LogP contribution is -2.35. The number of benzene rings is 1. The van der Waals surface area contributed by atoms with E-state index in [9.17, 15) is 13.2 Å². The van der Waals surface area contributed by atoms with Crippen molar-refractivity contribution in [2.24, 2.45) is 0 Å². The summed E-state index contributed by atoms with van der Waals surface area (Å²) in [7, 11) is -2.92.